The number of H-pyrrole nitrogens is 1. The topological polar surface area (TPSA) is 90.0 Å². The van der Waals surface area contributed by atoms with E-state index in [9.17, 15) is 0 Å². The first-order valence-corrected chi connectivity index (χ1v) is 10.3. The summed E-state index contributed by atoms with van der Waals surface area (Å²) in [5, 5.41) is 9.69. The van der Waals surface area contributed by atoms with Crippen LogP contribution in [0.5, 0.6) is 11.5 Å². The van der Waals surface area contributed by atoms with Crippen molar-refractivity contribution in [1.29, 1.82) is 0 Å². The molecule has 0 saturated carbocycles. The normalized spacial score (nSPS) is 11.2. The summed E-state index contributed by atoms with van der Waals surface area (Å²) in [7, 11) is 0. The number of rotatable bonds is 5. The Morgan fingerprint density at radius 3 is 2.75 bits per heavy atom. The van der Waals surface area contributed by atoms with Gasteiger partial charge in [-0.25, -0.2) is 4.39 Å². The van der Waals surface area contributed by atoms with E-state index in [1.54, 1.807) is 18.2 Å². The molecule has 0 atom stereocenters. The molecule has 32 heavy (non-hydrogen) atoms. The molecule has 5 rings (SSSR count). The molecule has 3 aromatic carbocycles. The van der Waals surface area contributed by atoms with E-state index in [0.717, 1.165) is 16.5 Å². The smallest absolute Gasteiger partial charge is 0.247 e. The second-order valence-corrected chi connectivity index (χ2v) is 7.97. The van der Waals surface area contributed by atoms with Crippen LogP contribution in [0.25, 0.3) is 22.4 Å². The van der Waals surface area contributed by atoms with E-state index in [0.29, 0.717) is 16.6 Å². The van der Waals surface area contributed by atoms with Gasteiger partial charge < -0.3 is 19.9 Å². The van der Waals surface area contributed by atoms with Crippen LogP contribution in [-0.2, 0) is 6.42 Å². The number of ether oxygens (including phenoxy) is 1. The molecule has 0 spiro atoms. The van der Waals surface area contributed by atoms with E-state index in [1.165, 1.54) is 12.1 Å². The molecule has 0 bridgehead atoms. The van der Waals surface area contributed by atoms with Crippen LogP contribution < -0.4 is 10.5 Å². The van der Waals surface area contributed by atoms with Crippen molar-refractivity contribution >= 4 is 39.8 Å². The number of anilines is 1. The summed E-state index contributed by atoms with van der Waals surface area (Å²) in [6.07, 6.45) is 1.92. The lowest BCUT2D eigenvalue weighted by Crippen LogP contribution is -1.98. The summed E-state index contributed by atoms with van der Waals surface area (Å²) >= 11 is 12.2. The summed E-state index contributed by atoms with van der Waals surface area (Å²) in [6, 6.07) is 15.4. The molecule has 2 aromatic heterocycles. The number of halogens is 3. The zero-order chi connectivity index (χ0) is 22.2. The zero-order valence-corrected chi connectivity index (χ0v) is 17.9. The lowest BCUT2D eigenvalue weighted by molar-refractivity contribution is 0.437. The largest absolute Gasteiger partial charge is 0.453 e. The van der Waals surface area contributed by atoms with Gasteiger partial charge in [0.15, 0.2) is 11.6 Å². The molecule has 0 unspecified atom stereocenters. The van der Waals surface area contributed by atoms with Crippen LogP contribution in [0, 0.1) is 5.82 Å². The lowest BCUT2D eigenvalue weighted by Gasteiger charge is -2.12. The average molecular weight is 469 g/mol. The molecule has 160 valence electrons. The van der Waals surface area contributed by atoms with E-state index in [1.807, 2.05) is 30.5 Å². The summed E-state index contributed by atoms with van der Waals surface area (Å²) in [5.74, 6) is 0.0987. The van der Waals surface area contributed by atoms with Gasteiger partial charge in [-0.3, -0.25) is 0 Å². The van der Waals surface area contributed by atoms with E-state index in [2.05, 4.69) is 15.2 Å². The fourth-order valence-electron chi connectivity index (χ4n) is 3.35. The molecule has 0 amide bonds. The number of benzene rings is 3. The third-order valence-corrected chi connectivity index (χ3v) is 5.37. The van der Waals surface area contributed by atoms with Crippen molar-refractivity contribution < 1.29 is 13.5 Å². The predicted molar refractivity (Wildman–Crippen MR) is 122 cm³/mol. The van der Waals surface area contributed by atoms with Crippen LogP contribution in [0.2, 0.25) is 10.0 Å². The van der Waals surface area contributed by atoms with Gasteiger partial charge in [-0.05, 0) is 41.8 Å². The molecule has 0 fully saturated rings. The highest BCUT2D eigenvalue weighted by Crippen LogP contribution is 2.36. The first-order valence-electron chi connectivity index (χ1n) is 9.57. The lowest BCUT2D eigenvalue weighted by atomic mass is 10.1. The second kappa shape index (κ2) is 8.18. The van der Waals surface area contributed by atoms with Gasteiger partial charge in [0, 0.05) is 39.6 Å². The van der Waals surface area contributed by atoms with Crippen LogP contribution >= 0.6 is 23.2 Å². The predicted octanol–water partition coefficient (Wildman–Crippen LogP) is 6.63. The third-order valence-electron chi connectivity index (χ3n) is 4.85. The van der Waals surface area contributed by atoms with Gasteiger partial charge in [0.25, 0.3) is 0 Å². The number of nitrogens with zero attached hydrogens (tertiary/aromatic N) is 2. The highest BCUT2D eigenvalue weighted by molar-refractivity contribution is 6.32. The summed E-state index contributed by atoms with van der Waals surface area (Å²) in [6.45, 7) is 0. The molecule has 0 aliphatic heterocycles. The first kappa shape index (κ1) is 20.4. The summed E-state index contributed by atoms with van der Waals surface area (Å²) in [4.78, 5) is 3.14. The van der Waals surface area contributed by atoms with Gasteiger partial charge in [-0.1, -0.05) is 35.3 Å². The Balaban J connectivity index is 1.41. The van der Waals surface area contributed by atoms with E-state index in [4.69, 9.17) is 38.1 Å². The summed E-state index contributed by atoms with van der Waals surface area (Å²) < 4.78 is 26.6. The molecular weight excluding hydrogens is 454 g/mol. The van der Waals surface area contributed by atoms with Crippen molar-refractivity contribution in [2.75, 3.05) is 5.73 Å². The van der Waals surface area contributed by atoms with E-state index < -0.39 is 5.82 Å². The number of nitrogens with one attached hydrogen (secondary N) is 1. The standard InChI is InChI=1S/C23H15Cl2FN4O2/c24-15-9-16(27)11-17(10-15)31-22-18(25)4-3-13(21(22)26)8-20-29-30-23(32-20)14-2-1-12-5-6-28-19(12)7-14/h1-7,9-11,28H,8,27H2. The van der Waals surface area contributed by atoms with Gasteiger partial charge in [0.2, 0.25) is 11.8 Å². The molecule has 3 N–H and O–H groups in total. The van der Waals surface area contributed by atoms with Crippen molar-refractivity contribution in [2.24, 2.45) is 0 Å². The van der Waals surface area contributed by atoms with Gasteiger partial charge in [-0.2, -0.15) is 0 Å². The van der Waals surface area contributed by atoms with Crippen molar-refractivity contribution in [1.82, 2.24) is 15.2 Å². The SMILES string of the molecule is Nc1cc(Cl)cc(Oc2c(Cl)ccc(Cc3nnc(-c4ccc5cc[nH]c5c4)o3)c2F)c1. The van der Waals surface area contributed by atoms with Crippen molar-refractivity contribution in [2.45, 2.75) is 6.42 Å². The van der Waals surface area contributed by atoms with E-state index in [-0.39, 0.29) is 34.4 Å². The Kier molecular flexibility index (Phi) is 5.20. The molecule has 0 saturated heterocycles. The highest BCUT2D eigenvalue weighted by Gasteiger charge is 2.18. The van der Waals surface area contributed by atoms with Gasteiger partial charge in [0.05, 0.1) is 11.4 Å². The first-order chi connectivity index (χ1) is 15.5. The van der Waals surface area contributed by atoms with Gasteiger partial charge >= 0.3 is 0 Å². The summed E-state index contributed by atoms with van der Waals surface area (Å²) in [5.41, 5.74) is 8.16. The Hall–Kier alpha value is -3.55. The van der Waals surface area contributed by atoms with E-state index >= 15 is 4.39 Å². The molecule has 2 heterocycles. The van der Waals surface area contributed by atoms with Crippen LogP contribution in [-0.4, -0.2) is 15.2 Å². The minimum absolute atomic E-state index is 0.0643. The number of hydrogen-bond donors (Lipinski definition) is 2. The Morgan fingerprint density at radius 2 is 1.91 bits per heavy atom. The number of hydrogen-bond acceptors (Lipinski definition) is 5. The number of fused-ring (bicyclic) bond motifs is 1. The second-order valence-electron chi connectivity index (χ2n) is 7.13. The minimum atomic E-state index is -0.636. The number of aromatic nitrogens is 3. The maximum Gasteiger partial charge on any atom is 0.247 e. The van der Waals surface area contributed by atoms with Crippen LogP contribution in [0.1, 0.15) is 11.5 Å². The van der Waals surface area contributed by atoms with Gasteiger partial charge in [0.1, 0.15) is 5.75 Å². The number of nitrogens with two attached hydrogens (primary N) is 1. The number of aromatic amines is 1. The van der Waals surface area contributed by atoms with Crippen LogP contribution in [0.15, 0.2) is 65.2 Å². The Morgan fingerprint density at radius 1 is 1.03 bits per heavy atom. The monoisotopic (exact) mass is 468 g/mol. The van der Waals surface area contributed by atoms with Crippen LogP contribution in [0.4, 0.5) is 10.1 Å². The van der Waals surface area contributed by atoms with Crippen LogP contribution in [0.3, 0.4) is 0 Å². The maximum absolute atomic E-state index is 15.2. The average Bonchev–Trinajstić information content (AvgIpc) is 3.41. The Bertz CT molecular complexity index is 1430. The third kappa shape index (κ3) is 4.00. The number of nitrogen functional groups attached to an aromatic ring is 1. The molecule has 5 aromatic rings. The fourth-order valence-corrected chi connectivity index (χ4v) is 3.77. The molecule has 6 nitrogen and oxygen atoms in total. The van der Waals surface area contributed by atoms with Crippen molar-refractivity contribution in [3.8, 4) is 23.0 Å². The molecule has 0 aliphatic carbocycles. The maximum atomic E-state index is 15.2. The van der Waals surface area contributed by atoms with Crippen molar-refractivity contribution in [3.63, 3.8) is 0 Å². The zero-order valence-electron chi connectivity index (χ0n) is 16.4. The minimum Gasteiger partial charge on any atom is -0.453 e. The molecule has 9 heteroatoms. The fraction of sp³-hybridized carbons (Fsp3) is 0.0435. The molecule has 0 radical (unpaired) electrons. The quantitative estimate of drug-likeness (QED) is 0.282. The highest BCUT2D eigenvalue weighted by atomic mass is 35.5. The van der Waals surface area contributed by atoms with Crippen molar-refractivity contribution in [3.05, 3.63) is 88.1 Å². The Labute approximate surface area is 191 Å². The molecular formula is C23H15Cl2FN4O2. The molecule has 0 aliphatic rings. The van der Waals surface area contributed by atoms with Gasteiger partial charge in [-0.15, -0.1) is 10.2 Å².